The Bertz CT molecular complexity index is 325. The molecule has 1 heterocycles. The van der Waals surface area contributed by atoms with Crippen LogP contribution in [0.1, 0.15) is 25.8 Å². The fourth-order valence-electron chi connectivity index (χ4n) is 1.12. The van der Waals surface area contributed by atoms with Gasteiger partial charge in [0.25, 0.3) is 0 Å². The van der Waals surface area contributed by atoms with Crippen LogP contribution in [0.5, 0.6) is 0 Å². The normalized spacial score (nSPS) is 11.6. The molecule has 0 aliphatic carbocycles. The minimum Gasteiger partial charge on any atom is -0.387 e. The summed E-state index contributed by atoms with van der Waals surface area (Å²) in [4.78, 5) is 0. The van der Waals surface area contributed by atoms with Crippen molar-refractivity contribution in [1.29, 1.82) is 5.41 Å². The number of hydrogen-bond donors (Lipinski definition) is 2. The molecule has 0 atom stereocenters. The van der Waals surface area contributed by atoms with E-state index in [2.05, 4.69) is 5.10 Å². The van der Waals surface area contributed by atoms with Gasteiger partial charge >= 0.3 is 0 Å². The molecule has 0 fully saturated rings. The summed E-state index contributed by atoms with van der Waals surface area (Å²) in [5.41, 5.74) is 6.41. The first-order chi connectivity index (χ1) is 6.42. The molecule has 4 heteroatoms. The van der Waals surface area contributed by atoms with Crippen molar-refractivity contribution in [2.24, 2.45) is 11.1 Å². The van der Waals surface area contributed by atoms with Crippen molar-refractivity contribution in [1.82, 2.24) is 9.78 Å². The highest BCUT2D eigenvalue weighted by Gasteiger charge is 2.21. The fraction of sp³-hybridized carbons (Fsp3) is 0.600. The van der Waals surface area contributed by atoms with Crippen LogP contribution in [0.2, 0.25) is 0 Å². The average Bonchev–Trinajstić information content (AvgIpc) is 2.48. The molecular formula is C10H18N4. The van der Waals surface area contributed by atoms with Gasteiger partial charge in [0, 0.05) is 18.2 Å². The smallest absolute Gasteiger partial charge is 0.0963 e. The van der Waals surface area contributed by atoms with Gasteiger partial charge in [-0.3, -0.25) is 10.1 Å². The van der Waals surface area contributed by atoms with Crippen molar-refractivity contribution in [3.63, 3.8) is 0 Å². The van der Waals surface area contributed by atoms with E-state index in [-0.39, 0.29) is 11.3 Å². The van der Waals surface area contributed by atoms with Crippen LogP contribution in [0.15, 0.2) is 12.4 Å². The summed E-state index contributed by atoms with van der Waals surface area (Å²) in [6, 6.07) is 0. The van der Waals surface area contributed by atoms with Gasteiger partial charge < -0.3 is 5.73 Å². The third kappa shape index (κ3) is 2.58. The van der Waals surface area contributed by atoms with E-state index >= 15 is 0 Å². The molecule has 0 saturated heterocycles. The van der Waals surface area contributed by atoms with E-state index in [9.17, 15) is 0 Å². The van der Waals surface area contributed by atoms with Crippen molar-refractivity contribution < 1.29 is 0 Å². The van der Waals surface area contributed by atoms with E-state index in [0.717, 1.165) is 18.5 Å². The Morgan fingerprint density at radius 3 is 2.71 bits per heavy atom. The monoisotopic (exact) mass is 194 g/mol. The molecule has 3 N–H and O–H groups in total. The lowest BCUT2D eigenvalue weighted by Gasteiger charge is -2.22. The molecule has 1 aromatic rings. The molecule has 0 aliphatic rings. The number of nitrogens with zero attached hydrogens (tertiary/aromatic N) is 2. The van der Waals surface area contributed by atoms with Crippen LogP contribution in [0.25, 0.3) is 0 Å². The Balaban J connectivity index is 2.52. The Morgan fingerprint density at radius 1 is 1.64 bits per heavy atom. The van der Waals surface area contributed by atoms with Gasteiger partial charge in [-0.15, -0.1) is 0 Å². The quantitative estimate of drug-likeness (QED) is 0.564. The maximum absolute atomic E-state index is 7.42. The second-order valence-electron chi connectivity index (χ2n) is 4.33. The van der Waals surface area contributed by atoms with Crippen molar-refractivity contribution in [3.05, 3.63) is 18.0 Å². The molecule has 1 rings (SSSR count). The first-order valence-electron chi connectivity index (χ1n) is 4.75. The molecule has 0 radical (unpaired) electrons. The van der Waals surface area contributed by atoms with Gasteiger partial charge in [0.05, 0.1) is 12.0 Å². The maximum atomic E-state index is 7.42. The van der Waals surface area contributed by atoms with E-state index in [1.54, 1.807) is 0 Å². The third-order valence-corrected chi connectivity index (χ3v) is 2.46. The molecule has 0 unspecified atom stereocenters. The number of hydrogen-bond acceptors (Lipinski definition) is 2. The summed E-state index contributed by atoms with van der Waals surface area (Å²) in [7, 11) is 0. The summed E-state index contributed by atoms with van der Waals surface area (Å²) in [6.45, 7) is 6.78. The lowest BCUT2D eigenvalue weighted by molar-refractivity contribution is 0.411. The molecule has 0 spiro atoms. The summed E-state index contributed by atoms with van der Waals surface area (Å²) >= 11 is 0. The van der Waals surface area contributed by atoms with Gasteiger partial charge in [0.1, 0.15) is 0 Å². The highest BCUT2D eigenvalue weighted by atomic mass is 15.3. The van der Waals surface area contributed by atoms with Crippen LogP contribution in [-0.2, 0) is 6.54 Å². The zero-order valence-corrected chi connectivity index (χ0v) is 9.04. The van der Waals surface area contributed by atoms with Crippen molar-refractivity contribution >= 4 is 5.84 Å². The predicted octanol–water partition coefficient (Wildman–Crippen LogP) is 1.54. The second-order valence-corrected chi connectivity index (χ2v) is 4.33. The van der Waals surface area contributed by atoms with E-state index in [1.165, 1.54) is 0 Å². The minimum absolute atomic E-state index is 0.236. The van der Waals surface area contributed by atoms with Gasteiger partial charge in [-0.25, -0.2) is 0 Å². The SMILES string of the molecule is Cc1cnn(CCC(C)(C)C(=N)N)c1. The summed E-state index contributed by atoms with van der Waals surface area (Å²) in [5.74, 6) is 0.237. The molecule has 0 bridgehead atoms. The largest absolute Gasteiger partial charge is 0.387 e. The molecule has 1 aromatic heterocycles. The molecule has 0 amide bonds. The van der Waals surface area contributed by atoms with Crippen LogP contribution in [0.3, 0.4) is 0 Å². The topological polar surface area (TPSA) is 67.7 Å². The maximum Gasteiger partial charge on any atom is 0.0963 e. The average molecular weight is 194 g/mol. The van der Waals surface area contributed by atoms with Gasteiger partial charge in [0.15, 0.2) is 0 Å². The third-order valence-electron chi connectivity index (χ3n) is 2.46. The number of nitrogens with two attached hydrogens (primary N) is 1. The minimum atomic E-state index is -0.236. The molecule has 14 heavy (non-hydrogen) atoms. The summed E-state index contributed by atoms with van der Waals surface area (Å²) in [5, 5.41) is 11.6. The molecule has 0 saturated carbocycles. The molecular weight excluding hydrogens is 176 g/mol. The number of amidine groups is 1. The Kier molecular flexibility index (Phi) is 2.93. The Morgan fingerprint density at radius 2 is 2.29 bits per heavy atom. The second kappa shape index (κ2) is 3.82. The van der Waals surface area contributed by atoms with E-state index in [1.807, 2.05) is 37.8 Å². The Hall–Kier alpha value is -1.32. The molecule has 78 valence electrons. The molecule has 4 nitrogen and oxygen atoms in total. The van der Waals surface area contributed by atoms with Gasteiger partial charge in [0.2, 0.25) is 0 Å². The van der Waals surface area contributed by atoms with Gasteiger partial charge in [-0.1, -0.05) is 13.8 Å². The standard InChI is InChI=1S/C10H18N4/c1-8-6-13-14(7-8)5-4-10(2,3)9(11)12/h6-7H,4-5H2,1-3H3,(H3,11,12). The first-order valence-corrected chi connectivity index (χ1v) is 4.75. The number of rotatable bonds is 4. The van der Waals surface area contributed by atoms with Crippen LogP contribution in [0.4, 0.5) is 0 Å². The van der Waals surface area contributed by atoms with E-state index in [0.29, 0.717) is 0 Å². The number of aromatic nitrogens is 2. The Labute approximate surface area is 84.6 Å². The van der Waals surface area contributed by atoms with Crippen LogP contribution in [-0.4, -0.2) is 15.6 Å². The number of nitrogens with one attached hydrogen (secondary N) is 1. The van der Waals surface area contributed by atoms with E-state index < -0.39 is 0 Å². The zero-order valence-electron chi connectivity index (χ0n) is 9.04. The van der Waals surface area contributed by atoms with Crippen molar-refractivity contribution in [2.45, 2.75) is 33.7 Å². The van der Waals surface area contributed by atoms with Crippen molar-refractivity contribution in [2.75, 3.05) is 0 Å². The predicted molar refractivity (Wildman–Crippen MR) is 57.3 cm³/mol. The first kappa shape index (κ1) is 10.8. The summed E-state index contributed by atoms with van der Waals surface area (Å²) in [6.07, 6.45) is 4.67. The highest BCUT2D eigenvalue weighted by molar-refractivity contribution is 5.82. The van der Waals surface area contributed by atoms with Gasteiger partial charge in [-0.05, 0) is 18.9 Å². The molecule has 0 aromatic carbocycles. The lowest BCUT2D eigenvalue weighted by atomic mass is 9.88. The van der Waals surface area contributed by atoms with Crippen LogP contribution in [0, 0.1) is 17.7 Å². The molecule has 0 aliphatic heterocycles. The van der Waals surface area contributed by atoms with Gasteiger partial charge in [-0.2, -0.15) is 5.10 Å². The highest BCUT2D eigenvalue weighted by Crippen LogP contribution is 2.20. The summed E-state index contributed by atoms with van der Waals surface area (Å²) < 4.78 is 1.89. The number of aryl methyl sites for hydroxylation is 2. The fourth-order valence-corrected chi connectivity index (χ4v) is 1.12. The van der Waals surface area contributed by atoms with Crippen molar-refractivity contribution in [3.8, 4) is 0 Å². The van der Waals surface area contributed by atoms with Crippen LogP contribution < -0.4 is 5.73 Å². The zero-order chi connectivity index (χ0) is 10.8. The van der Waals surface area contributed by atoms with E-state index in [4.69, 9.17) is 11.1 Å². The lowest BCUT2D eigenvalue weighted by Crippen LogP contribution is -2.31. The van der Waals surface area contributed by atoms with Crippen LogP contribution >= 0.6 is 0 Å².